The van der Waals surface area contributed by atoms with Crippen molar-refractivity contribution in [2.45, 2.75) is 18.9 Å². The standard InChI is InChI=1S/C20H22N4O2S/c1-26-15-5-4-13-17(18(15)16-3-2-10-27-16)19(23-22-13)20(25)21-14-11-24-8-6-12(14)7-9-24/h2-5,10,12,14H,6-9,11H2,1H3,(H,21,25)(H,22,23)/t14-/m0/s1. The summed E-state index contributed by atoms with van der Waals surface area (Å²) in [5.74, 6) is 1.23. The van der Waals surface area contributed by atoms with Crippen LogP contribution in [0.1, 0.15) is 23.3 Å². The lowest BCUT2D eigenvalue weighted by molar-refractivity contribution is 0.0618. The van der Waals surface area contributed by atoms with E-state index in [1.807, 2.05) is 29.6 Å². The number of aromatic amines is 1. The molecule has 2 bridgehead atoms. The van der Waals surface area contributed by atoms with E-state index in [0.717, 1.165) is 46.7 Å². The van der Waals surface area contributed by atoms with Crippen LogP contribution in [0.15, 0.2) is 29.6 Å². The van der Waals surface area contributed by atoms with Crippen molar-refractivity contribution in [3.8, 4) is 16.2 Å². The highest BCUT2D eigenvalue weighted by molar-refractivity contribution is 7.13. The van der Waals surface area contributed by atoms with Gasteiger partial charge < -0.3 is 15.0 Å². The lowest BCUT2D eigenvalue weighted by Gasteiger charge is -2.44. The molecule has 1 amide bonds. The van der Waals surface area contributed by atoms with Crippen LogP contribution in [0, 0.1) is 5.92 Å². The zero-order chi connectivity index (χ0) is 18.4. The molecule has 3 aliphatic rings. The Morgan fingerprint density at radius 3 is 2.85 bits per heavy atom. The maximum absolute atomic E-state index is 13.1. The van der Waals surface area contributed by atoms with Crippen molar-refractivity contribution in [1.82, 2.24) is 20.4 Å². The van der Waals surface area contributed by atoms with Crippen LogP contribution in [0.4, 0.5) is 0 Å². The van der Waals surface area contributed by atoms with Crippen molar-refractivity contribution in [2.75, 3.05) is 26.7 Å². The molecule has 1 atom stereocenters. The number of hydrogen-bond acceptors (Lipinski definition) is 5. The van der Waals surface area contributed by atoms with E-state index in [4.69, 9.17) is 4.74 Å². The fourth-order valence-electron chi connectivity index (χ4n) is 4.46. The molecule has 6 nitrogen and oxygen atoms in total. The number of hydrogen-bond donors (Lipinski definition) is 2. The van der Waals surface area contributed by atoms with Gasteiger partial charge in [-0.05, 0) is 55.4 Å². The number of piperidine rings is 3. The highest BCUT2D eigenvalue weighted by atomic mass is 32.1. The Hall–Kier alpha value is -2.38. The second-order valence-electron chi connectivity index (χ2n) is 7.33. The lowest BCUT2D eigenvalue weighted by atomic mass is 9.84. The number of nitrogens with one attached hydrogen (secondary N) is 2. The van der Waals surface area contributed by atoms with E-state index < -0.39 is 0 Å². The number of fused-ring (bicyclic) bond motifs is 4. The molecule has 1 aromatic carbocycles. The Morgan fingerprint density at radius 1 is 1.33 bits per heavy atom. The molecule has 2 N–H and O–H groups in total. The van der Waals surface area contributed by atoms with Gasteiger partial charge in [-0.15, -0.1) is 11.3 Å². The summed E-state index contributed by atoms with van der Waals surface area (Å²) in [5.41, 5.74) is 2.22. The quantitative estimate of drug-likeness (QED) is 0.727. The number of rotatable bonds is 4. The zero-order valence-corrected chi connectivity index (χ0v) is 16.0. The molecule has 0 spiro atoms. The number of carbonyl (C=O) groups is 1. The molecule has 0 radical (unpaired) electrons. The summed E-state index contributed by atoms with van der Waals surface area (Å²) in [6.45, 7) is 3.25. The highest BCUT2D eigenvalue weighted by Crippen LogP contribution is 2.40. The van der Waals surface area contributed by atoms with Crippen molar-refractivity contribution in [1.29, 1.82) is 0 Å². The summed E-state index contributed by atoms with van der Waals surface area (Å²) in [7, 11) is 1.66. The first kappa shape index (κ1) is 16.8. The van der Waals surface area contributed by atoms with Gasteiger partial charge in [-0.3, -0.25) is 9.89 Å². The number of aromatic nitrogens is 2. The first-order valence-corrected chi connectivity index (χ1v) is 10.2. The van der Waals surface area contributed by atoms with E-state index in [0.29, 0.717) is 11.6 Å². The van der Waals surface area contributed by atoms with Gasteiger partial charge in [0.1, 0.15) is 5.75 Å². The van der Waals surface area contributed by atoms with Gasteiger partial charge in [-0.1, -0.05) is 6.07 Å². The Balaban J connectivity index is 1.54. The number of amides is 1. The van der Waals surface area contributed by atoms with Crippen molar-refractivity contribution >= 4 is 28.1 Å². The summed E-state index contributed by atoms with van der Waals surface area (Å²) in [6, 6.07) is 8.10. The van der Waals surface area contributed by atoms with Crippen LogP contribution in [0.2, 0.25) is 0 Å². The average Bonchev–Trinajstić information content (AvgIpc) is 3.38. The minimum atomic E-state index is -0.106. The van der Waals surface area contributed by atoms with Crippen LogP contribution >= 0.6 is 11.3 Å². The molecular weight excluding hydrogens is 360 g/mol. The van der Waals surface area contributed by atoms with Gasteiger partial charge in [0.2, 0.25) is 0 Å². The van der Waals surface area contributed by atoms with Crippen LogP contribution in [0.25, 0.3) is 21.3 Å². The van der Waals surface area contributed by atoms with Crippen molar-refractivity contribution in [3.63, 3.8) is 0 Å². The monoisotopic (exact) mass is 382 g/mol. The molecule has 3 fully saturated rings. The van der Waals surface area contributed by atoms with Gasteiger partial charge in [-0.25, -0.2) is 0 Å². The van der Waals surface area contributed by atoms with E-state index in [1.165, 1.54) is 12.8 Å². The normalized spacial score (nSPS) is 24.3. The van der Waals surface area contributed by atoms with Crippen molar-refractivity contribution < 1.29 is 9.53 Å². The summed E-state index contributed by atoms with van der Waals surface area (Å²) >= 11 is 1.63. The van der Waals surface area contributed by atoms with Gasteiger partial charge in [0.05, 0.1) is 12.6 Å². The number of benzene rings is 1. The first-order valence-electron chi connectivity index (χ1n) is 9.36. The minimum Gasteiger partial charge on any atom is -0.496 e. The summed E-state index contributed by atoms with van der Waals surface area (Å²) in [5, 5.41) is 13.5. The summed E-state index contributed by atoms with van der Waals surface area (Å²) in [6.07, 6.45) is 2.33. The fraction of sp³-hybridized carbons (Fsp3) is 0.400. The predicted molar refractivity (Wildman–Crippen MR) is 106 cm³/mol. The molecule has 7 heteroatoms. The molecule has 6 rings (SSSR count). The maximum Gasteiger partial charge on any atom is 0.272 e. The van der Waals surface area contributed by atoms with E-state index >= 15 is 0 Å². The Labute approximate surface area is 161 Å². The molecular formula is C20H22N4O2S. The van der Waals surface area contributed by atoms with Crippen molar-refractivity contribution in [3.05, 3.63) is 35.3 Å². The maximum atomic E-state index is 13.1. The molecule has 140 valence electrons. The molecule has 0 saturated carbocycles. The molecule has 3 aliphatic heterocycles. The number of ether oxygens (including phenoxy) is 1. The Bertz CT molecular complexity index is 973. The van der Waals surface area contributed by atoms with Gasteiger partial charge in [0.25, 0.3) is 5.91 Å². The molecule has 3 aromatic rings. The fourth-order valence-corrected chi connectivity index (χ4v) is 5.24. The van der Waals surface area contributed by atoms with Crippen LogP contribution in [0.5, 0.6) is 5.75 Å². The number of methoxy groups -OCH3 is 1. The SMILES string of the molecule is COc1ccc2[nH]nc(C(=O)N[C@H]3CN4CCC3CC4)c2c1-c1cccs1. The average molecular weight is 382 g/mol. The molecule has 3 saturated heterocycles. The van der Waals surface area contributed by atoms with Gasteiger partial charge >= 0.3 is 0 Å². The minimum absolute atomic E-state index is 0.106. The molecule has 0 unspecified atom stereocenters. The van der Waals surface area contributed by atoms with Gasteiger partial charge in [0, 0.05) is 28.4 Å². The molecule has 5 heterocycles. The third-order valence-electron chi connectivity index (χ3n) is 5.87. The summed E-state index contributed by atoms with van der Waals surface area (Å²) < 4.78 is 5.60. The second-order valence-corrected chi connectivity index (χ2v) is 8.28. The Kier molecular flexibility index (Phi) is 4.13. The first-order chi connectivity index (χ1) is 13.2. The molecule has 27 heavy (non-hydrogen) atoms. The van der Waals surface area contributed by atoms with Gasteiger partial charge in [-0.2, -0.15) is 5.10 Å². The van der Waals surface area contributed by atoms with E-state index in [-0.39, 0.29) is 11.9 Å². The van der Waals surface area contributed by atoms with E-state index in [1.54, 1.807) is 18.4 Å². The predicted octanol–water partition coefficient (Wildman–Crippen LogP) is 3.12. The largest absolute Gasteiger partial charge is 0.496 e. The van der Waals surface area contributed by atoms with Crippen LogP contribution in [-0.4, -0.2) is 53.8 Å². The van der Waals surface area contributed by atoms with Crippen molar-refractivity contribution in [2.24, 2.45) is 5.92 Å². The smallest absolute Gasteiger partial charge is 0.272 e. The zero-order valence-electron chi connectivity index (χ0n) is 15.2. The third-order valence-corrected chi connectivity index (χ3v) is 6.75. The molecule has 0 aliphatic carbocycles. The van der Waals surface area contributed by atoms with Gasteiger partial charge in [0.15, 0.2) is 5.69 Å². The van der Waals surface area contributed by atoms with E-state index in [2.05, 4.69) is 20.4 Å². The second kappa shape index (κ2) is 6.65. The number of carbonyl (C=O) groups excluding carboxylic acids is 1. The summed E-state index contributed by atoms with van der Waals surface area (Å²) in [4.78, 5) is 16.6. The molecule has 2 aromatic heterocycles. The van der Waals surface area contributed by atoms with Crippen LogP contribution in [-0.2, 0) is 0 Å². The lowest BCUT2D eigenvalue weighted by Crippen LogP contribution is -2.57. The number of H-pyrrole nitrogens is 1. The topological polar surface area (TPSA) is 70.2 Å². The van der Waals surface area contributed by atoms with E-state index in [9.17, 15) is 4.79 Å². The van der Waals surface area contributed by atoms with Crippen LogP contribution < -0.4 is 10.1 Å². The van der Waals surface area contributed by atoms with Crippen LogP contribution in [0.3, 0.4) is 0 Å². The number of nitrogens with zero attached hydrogens (tertiary/aromatic N) is 2. The number of thiophene rings is 1. The Morgan fingerprint density at radius 2 is 2.19 bits per heavy atom. The highest BCUT2D eigenvalue weighted by Gasteiger charge is 2.35. The third kappa shape index (κ3) is 2.82.